The van der Waals surface area contributed by atoms with Crippen LogP contribution in [0.2, 0.25) is 0 Å². The lowest BCUT2D eigenvalue weighted by atomic mass is 9.88. The fourth-order valence-corrected chi connectivity index (χ4v) is 3.86. The summed E-state index contributed by atoms with van der Waals surface area (Å²) in [6, 6.07) is 20.0. The normalized spacial score (nSPS) is 20.4. The maximum absolute atomic E-state index is 13.0. The quantitative estimate of drug-likeness (QED) is 0.710. The Labute approximate surface area is 153 Å². The number of likely N-dealkylation sites (tertiary alicyclic amines) is 1. The van der Waals surface area contributed by atoms with Crippen molar-refractivity contribution < 1.29 is 13.9 Å². The maximum Gasteiger partial charge on any atom is 0.289 e. The van der Waals surface area contributed by atoms with Crippen LogP contribution in [0.1, 0.15) is 22.5 Å². The first-order valence-corrected chi connectivity index (χ1v) is 9.09. The lowest BCUT2D eigenvalue weighted by Gasteiger charge is -2.37. The Bertz CT molecular complexity index is 854. The standard InChI is InChI=1S/C22H23NO3/c1-25-19-11-12-23(15-18(19)13-16-7-3-2-4-8-16)22(24)21-14-17-9-5-6-10-20(17)26-21/h2-10,14,18-19H,11-13,15H2,1H3/t18-,19-/m0/s1. The largest absolute Gasteiger partial charge is 0.451 e. The molecule has 0 spiro atoms. The topological polar surface area (TPSA) is 42.7 Å². The monoisotopic (exact) mass is 349 g/mol. The van der Waals surface area contributed by atoms with Crippen molar-refractivity contribution in [1.82, 2.24) is 4.90 Å². The Morgan fingerprint density at radius 1 is 1.15 bits per heavy atom. The predicted molar refractivity (Wildman–Crippen MR) is 101 cm³/mol. The second-order valence-corrected chi connectivity index (χ2v) is 6.91. The summed E-state index contributed by atoms with van der Waals surface area (Å²) in [6.07, 6.45) is 1.93. The van der Waals surface area contributed by atoms with E-state index in [2.05, 4.69) is 24.3 Å². The third-order valence-corrected chi connectivity index (χ3v) is 5.23. The number of rotatable bonds is 4. The minimum Gasteiger partial charge on any atom is -0.451 e. The minimum atomic E-state index is -0.0335. The molecule has 1 aliphatic rings. The van der Waals surface area contributed by atoms with E-state index in [0.717, 1.165) is 23.8 Å². The van der Waals surface area contributed by atoms with Gasteiger partial charge in [0, 0.05) is 31.5 Å². The van der Waals surface area contributed by atoms with E-state index in [9.17, 15) is 4.79 Å². The van der Waals surface area contributed by atoms with Gasteiger partial charge in [0.15, 0.2) is 5.76 Å². The minimum absolute atomic E-state index is 0.0335. The summed E-state index contributed by atoms with van der Waals surface area (Å²) in [5.41, 5.74) is 2.03. The zero-order valence-electron chi connectivity index (χ0n) is 14.9. The lowest BCUT2D eigenvalue weighted by molar-refractivity contribution is -0.00383. The molecule has 0 radical (unpaired) electrons. The molecule has 0 bridgehead atoms. The van der Waals surface area contributed by atoms with Crippen molar-refractivity contribution in [3.05, 3.63) is 72.0 Å². The van der Waals surface area contributed by atoms with Gasteiger partial charge in [0.05, 0.1) is 6.10 Å². The number of piperidine rings is 1. The van der Waals surface area contributed by atoms with E-state index in [4.69, 9.17) is 9.15 Å². The molecule has 4 nitrogen and oxygen atoms in total. The van der Waals surface area contributed by atoms with Crippen LogP contribution in [-0.4, -0.2) is 37.1 Å². The fourth-order valence-electron chi connectivity index (χ4n) is 3.86. The molecular formula is C22H23NO3. The summed E-state index contributed by atoms with van der Waals surface area (Å²) in [6.45, 7) is 1.38. The Morgan fingerprint density at radius 2 is 1.92 bits per heavy atom. The van der Waals surface area contributed by atoms with E-state index in [1.807, 2.05) is 41.3 Å². The molecule has 1 fully saturated rings. The van der Waals surface area contributed by atoms with E-state index in [0.29, 0.717) is 18.8 Å². The van der Waals surface area contributed by atoms with Gasteiger partial charge in [-0.05, 0) is 30.5 Å². The summed E-state index contributed by atoms with van der Waals surface area (Å²) in [4.78, 5) is 14.9. The first-order chi connectivity index (χ1) is 12.7. The number of amides is 1. The summed E-state index contributed by atoms with van der Waals surface area (Å²) in [5, 5.41) is 0.962. The van der Waals surface area contributed by atoms with Crippen LogP contribution in [0.15, 0.2) is 65.1 Å². The number of hydrogen-bond donors (Lipinski definition) is 0. The van der Waals surface area contributed by atoms with Crippen molar-refractivity contribution in [2.45, 2.75) is 18.9 Å². The Morgan fingerprint density at radius 3 is 2.69 bits per heavy atom. The molecule has 2 atom stereocenters. The summed E-state index contributed by atoms with van der Waals surface area (Å²) in [5.74, 6) is 0.666. The van der Waals surface area contributed by atoms with Gasteiger partial charge in [0.1, 0.15) is 5.58 Å². The number of methoxy groups -OCH3 is 1. The highest BCUT2D eigenvalue weighted by Gasteiger charge is 2.33. The van der Waals surface area contributed by atoms with Crippen molar-refractivity contribution in [3.63, 3.8) is 0 Å². The van der Waals surface area contributed by atoms with Gasteiger partial charge in [-0.3, -0.25) is 4.79 Å². The molecule has 0 N–H and O–H groups in total. The molecule has 1 aliphatic heterocycles. The van der Waals surface area contributed by atoms with Gasteiger partial charge < -0.3 is 14.1 Å². The number of carbonyl (C=O) groups excluding carboxylic acids is 1. The van der Waals surface area contributed by atoms with E-state index in [-0.39, 0.29) is 17.9 Å². The molecular weight excluding hydrogens is 326 g/mol. The number of fused-ring (bicyclic) bond motifs is 1. The van der Waals surface area contributed by atoms with Gasteiger partial charge in [0.25, 0.3) is 5.91 Å². The van der Waals surface area contributed by atoms with E-state index < -0.39 is 0 Å². The van der Waals surface area contributed by atoms with E-state index in [1.54, 1.807) is 7.11 Å². The first kappa shape index (κ1) is 16.9. The number of hydrogen-bond acceptors (Lipinski definition) is 3. The van der Waals surface area contributed by atoms with Crippen molar-refractivity contribution in [3.8, 4) is 0 Å². The predicted octanol–water partition coefficient (Wildman–Crippen LogP) is 4.15. The molecule has 1 amide bonds. The zero-order valence-corrected chi connectivity index (χ0v) is 14.9. The average Bonchev–Trinajstić information content (AvgIpc) is 3.12. The van der Waals surface area contributed by atoms with Crippen LogP contribution in [0.4, 0.5) is 0 Å². The van der Waals surface area contributed by atoms with Gasteiger partial charge in [-0.25, -0.2) is 0 Å². The van der Waals surface area contributed by atoms with Crippen LogP contribution in [0.5, 0.6) is 0 Å². The second-order valence-electron chi connectivity index (χ2n) is 6.91. The third kappa shape index (κ3) is 3.37. The van der Waals surface area contributed by atoms with Gasteiger partial charge >= 0.3 is 0 Å². The van der Waals surface area contributed by atoms with Crippen LogP contribution < -0.4 is 0 Å². The smallest absolute Gasteiger partial charge is 0.289 e. The van der Waals surface area contributed by atoms with Crippen molar-refractivity contribution >= 4 is 16.9 Å². The fraction of sp³-hybridized carbons (Fsp3) is 0.318. The van der Waals surface area contributed by atoms with Gasteiger partial charge in [0.2, 0.25) is 0 Å². The third-order valence-electron chi connectivity index (χ3n) is 5.23. The molecule has 0 unspecified atom stereocenters. The molecule has 1 aromatic heterocycles. The number of benzene rings is 2. The highest BCUT2D eigenvalue weighted by atomic mass is 16.5. The SMILES string of the molecule is CO[C@H]1CCN(C(=O)c2cc3ccccc3o2)C[C@@H]1Cc1ccccc1. The van der Waals surface area contributed by atoms with E-state index in [1.165, 1.54) is 5.56 Å². The molecule has 0 aliphatic carbocycles. The number of carbonyl (C=O) groups is 1. The van der Waals surface area contributed by atoms with Crippen LogP contribution in [0.3, 0.4) is 0 Å². The zero-order chi connectivity index (χ0) is 17.9. The van der Waals surface area contributed by atoms with Crippen LogP contribution in [0.25, 0.3) is 11.0 Å². The number of ether oxygens (including phenoxy) is 1. The Hall–Kier alpha value is -2.59. The molecule has 3 aromatic rings. The highest BCUT2D eigenvalue weighted by Crippen LogP contribution is 2.26. The molecule has 0 saturated carbocycles. The second kappa shape index (κ2) is 7.34. The van der Waals surface area contributed by atoms with Crippen LogP contribution in [0, 0.1) is 5.92 Å². The number of furan rings is 1. The molecule has 4 rings (SSSR count). The molecule has 26 heavy (non-hydrogen) atoms. The van der Waals surface area contributed by atoms with Crippen molar-refractivity contribution in [2.24, 2.45) is 5.92 Å². The number of para-hydroxylation sites is 1. The average molecular weight is 349 g/mol. The number of nitrogens with zero attached hydrogens (tertiary/aromatic N) is 1. The lowest BCUT2D eigenvalue weighted by Crippen LogP contribution is -2.47. The van der Waals surface area contributed by atoms with Gasteiger partial charge in [-0.2, -0.15) is 0 Å². The van der Waals surface area contributed by atoms with Crippen molar-refractivity contribution in [2.75, 3.05) is 20.2 Å². The molecule has 2 heterocycles. The van der Waals surface area contributed by atoms with Crippen LogP contribution in [-0.2, 0) is 11.2 Å². The molecule has 4 heteroatoms. The highest BCUT2D eigenvalue weighted by molar-refractivity contribution is 5.96. The summed E-state index contributed by atoms with van der Waals surface area (Å²) >= 11 is 0. The Kier molecular flexibility index (Phi) is 4.76. The van der Waals surface area contributed by atoms with Crippen LogP contribution >= 0.6 is 0 Å². The maximum atomic E-state index is 13.0. The van der Waals surface area contributed by atoms with Gasteiger partial charge in [-0.15, -0.1) is 0 Å². The van der Waals surface area contributed by atoms with Crippen molar-refractivity contribution in [1.29, 1.82) is 0 Å². The molecule has 1 saturated heterocycles. The van der Waals surface area contributed by atoms with E-state index >= 15 is 0 Å². The summed E-state index contributed by atoms with van der Waals surface area (Å²) in [7, 11) is 1.76. The summed E-state index contributed by atoms with van der Waals surface area (Å²) < 4.78 is 11.5. The van der Waals surface area contributed by atoms with Gasteiger partial charge in [-0.1, -0.05) is 48.5 Å². The first-order valence-electron chi connectivity index (χ1n) is 9.09. The Balaban J connectivity index is 1.52. The molecule has 134 valence electrons. The molecule has 2 aromatic carbocycles.